The Morgan fingerprint density at radius 3 is 1.53 bits per heavy atom. The Morgan fingerprint density at radius 1 is 0.649 bits per heavy atom. The average Bonchev–Trinajstić information content (AvgIpc) is 3.81. The highest BCUT2D eigenvalue weighted by Gasteiger charge is 2.25. The van der Waals surface area contributed by atoms with E-state index in [9.17, 15) is 49.6 Å². The van der Waals surface area contributed by atoms with Crippen molar-refractivity contribution in [3.8, 4) is 95.7 Å². The molecule has 0 saturated carbocycles. The molecule has 2 aromatic rings. The summed E-state index contributed by atoms with van der Waals surface area (Å²) in [5.74, 6) is 26.4. The minimum absolute atomic E-state index is 0.210. The number of nitro groups is 2. The number of thiophene rings is 1. The van der Waals surface area contributed by atoms with Gasteiger partial charge in [-0.25, -0.2) is 0 Å². The third-order valence-electron chi connectivity index (χ3n) is 9.07. The lowest BCUT2D eigenvalue weighted by atomic mass is 10.1. The molecule has 386 valence electrons. The van der Waals surface area contributed by atoms with Crippen LogP contribution in [0.15, 0.2) is 34.5 Å². The molecule has 74 heavy (non-hydrogen) atoms. The lowest BCUT2D eigenvalue weighted by Gasteiger charge is -2.25. The van der Waals surface area contributed by atoms with Gasteiger partial charge in [0.25, 0.3) is 0 Å². The minimum Gasteiger partial charge on any atom is -0.480 e. The number of aliphatic carboxylic acids is 2. The molecule has 0 aliphatic carbocycles. The van der Waals surface area contributed by atoms with E-state index in [1.807, 2.05) is 11.0 Å². The number of aryl methyl sites for hydroxylation is 1. The number of carbonyl (C=O) groups is 4. The number of terminal acetylenes is 2. The fourth-order valence-electron chi connectivity index (χ4n) is 5.51. The van der Waals surface area contributed by atoms with Crippen LogP contribution >= 0.6 is 11.3 Å². The van der Waals surface area contributed by atoms with Gasteiger partial charge in [0.05, 0.1) is 81.2 Å². The van der Waals surface area contributed by atoms with Crippen LogP contribution < -0.4 is 15.5 Å². The summed E-state index contributed by atoms with van der Waals surface area (Å²) in [4.78, 5) is 70.5. The second-order valence-electron chi connectivity index (χ2n) is 14.4. The van der Waals surface area contributed by atoms with Gasteiger partial charge in [0.15, 0.2) is 0 Å². The number of nitrogens with one attached hydrogen (secondary N) is 2. The van der Waals surface area contributed by atoms with E-state index in [4.69, 9.17) is 36.5 Å². The Hall–Kier alpha value is -8.72. The molecule has 2 rings (SSSR count). The lowest BCUT2D eigenvalue weighted by Crippen LogP contribution is -2.31. The van der Waals surface area contributed by atoms with Crippen LogP contribution in [0.25, 0.3) is 0 Å². The van der Waals surface area contributed by atoms with Gasteiger partial charge in [0.1, 0.15) is 17.9 Å². The van der Waals surface area contributed by atoms with Crippen molar-refractivity contribution in [1.29, 1.82) is 0 Å². The molecule has 22 nitrogen and oxygen atoms in total. The summed E-state index contributed by atoms with van der Waals surface area (Å²) >= 11 is 0.542. The molecule has 1 heterocycles. The average molecular weight is 1030 g/mol. The predicted octanol–water partition coefficient (Wildman–Crippen LogP) is 3.66. The molecule has 0 fully saturated rings. The topological polar surface area (TPSA) is 293 Å². The lowest BCUT2D eigenvalue weighted by molar-refractivity contribution is -0.389. The number of hydrogen-bond acceptors (Lipinski definition) is 17. The first-order valence-corrected chi connectivity index (χ1v) is 23.1. The third kappa shape index (κ3) is 27.6. The Balaban J connectivity index is 1.81. The summed E-state index contributed by atoms with van der Waals surface area (Å²) in [6, 6.07) is 6.13. The summed E-state index contributed by atoms with van der Waals surface area (Å²) in [5.41, 5.74) is 1.31. The zero-order valence-electron chi connectivity index (χ0n) is 40.2. The number of nitrogens with zero attached hydrogens (tertiary/aromatic N) is 5. The first kappa shape index (κ1) is 61.4. The van der Waals surface area contributed by atoms with E-state index in [0.29, 0.717) is 94.8 Å². The molecule has 4 N–H and O–H groups in total. The number of rotatable bonds is 34. The maximum absolute atomic E-state index is 12.2. The summed E-state index contributed by atoms with van der Waals surface area (Å²) in [6.07, 6.45) is 10.2. The summed E-state index contributed by atoms with van der Waals surface area (Å²) in [6.45, 7) is 6.12. The summed E-state index contributed by atoms with van der Waals surface area (Å²) < 4.78 is 28.4. The molecule has 2 atom stereocenters. The number of carbonyl (C=O) groups excluding carboxylic acids is 2. The Bertz CT molecular complexity index is 2760. The van der Waals surface area contributed by atoms with Crippen molar-refractivity contribution >= 4 is 62.2 Å². The van der Waals surface area contributed by atoms with E-state index < -0.39 is 56.1 Å². The van der Waals surface area contributed by atoms with E-state index in [1.54, 1.807) is 19.1 Å². The summed E-state index contributed by atoms with van der Waals surface area (Å²) in [5, 5.41) is 54.0. The van der Waals surface area contributed by atoms with E-state index in [1.165, 1.54) is 0 Å². The van der Waals surface area contributed by atoms with Crippen LogP contribution in [0.4, 0.5) is 27.1 Å². The molecule has 2 unspecified atom stereocenters. The predicted molar refractivity (Wildman–Crippen MR) is 270 cm³/mol. The first-order valence-electron chi connectivity index (χ1n) is 22.3. The van der Waals surface area contributed by atoms with Crippen LogP contribution in [0.3, 0.4) is 0 Å². The molecular weight excluding hydrogens is 983 g/mol. The van der Waals surface area contributed by atoms with Gasteiger partial charge < -0.3 is 49.4 Å². The molecule has 0 radical (unpaired) electrons. The van der Waals surface area contributed by atoms with Gasteiger partial charge in [-0.05, 0) is 126 Å². The molecule has 0 aliphatic heterocycles. The van der Waals surface area contributed by atoms with E-state index in [2.05, 4.69) is 104 Å². The molecule has 0 spiro atoms. The number of anilines is 1. The van der Waals surface area contributed by atoms with E-state index in [0.717, 1.165) is 11.8 Å². The maximum atomic E-state index is 12.2. The maximum Gasteiger partial charge on any atom is 0.333 e. The Kier molecular flexibility index (Phi) is 31.5. The van der Waals surface area contributed by atoms with Gasteiger partial charge in [0, 0.05) is 45.1 Å². The van der Waals surface area contributed by atoms with Crippen LogP contribution in [0.5, 0.6) is 0 Å². The second kappa shape index (κ2) is 38.0. The summed E-state index contributed by atoms with van der Waals surface area (Å²) in [7, 11) is 0. The van der Waals surface area contributed by atoms with Crippen LogP contribution in [0.1, 0.15) is 31.2 Å². The zero-order chi connectivity index (χ0) is 54.2. The molecule has 0 saturated heterocycles. The van der Waals surface area contributed by atoms with Crippen molar-refractivity contribution in [3.05, 3.63) is 50.1 Å². The van der Waals surface area contributed by atoms with Gasteiger partial charge in [-0.15, -0.1) is 23.1 Å². The highest BCUT2D eigenvalue weighted by atomic mass is 32.1. The smallest absolute Gasteiger partial charge is 0.333 e. The van der Waals surface area contributed by atoms with Crippen LogP contribution in [0, 0.1) is 135 Å². The number of amides is 2. The number of benzene rings is 1. The first-order chi connectivity index (χ1) is 35.8. The number of azo groups is 1. The van der Waals surface area contributed by atoms with Gasteiger partial charge in [0.2, 0.25) is 16.8 Å². The molecule has 23 heteroatoms. The number of carboxylic acid groups (broad SMARTS) is 2. The molecule has 2 amide bonds. The van der Waals surface area contributed by atoms with Gasteiger partial charge in [-0.3, -0.25) is 39.4 Å². The largest absolute Gasteiger partial charge is 0.480 e. The van der Waals surface area contributed by atoms with Crippen molar-refractivity contribution in [1.82, 2.24) is 10.6 Å². The molecule has 1 aromatic carbocycles. The molecular formula is C51H51N7O15S. The Morgan fingerprint density at radius 2 is 1.09 bits per heavy atom. The minimum atomic E-state index is -1.26. The molecule has 0 aliphatic rings. The van der Waals surface area contributed by atoms with Crippen molar-refractivity contribution in [2.45, 2.75) is 32.6 Å². The van der Waals surface area contributed by atoms with Gasteiger partial charge in [-0.2, -0.15) is 0 Å². The highest BCUT2D eigenvalue weighted by molar-refractivity contribution is 7.19. The third-order valence-corrected chi connectivity index (χ3v) is 10.0. The normalized spacial score (nSPS) is 10.6. The van der Waals surface area contributed by atoms with Crippen LogP contribution in [0.2, 0.25) is 0 Å². The van der Waals surface area contributed by atoms with Crippen molar-refractivity contribution in [2.24, 2.45) is 22.1 Å². The second-order valence-corrected chi connectivity index (χ2v) is 15.4. The molecule has 1 aromatic heterocycles. The van der Waals surface area contributed by atoms with E-state index >= 15 is 0 Å². The van der Waals surface area contributed by atoms with Crippen LogP contribution in [-0.4, -0.2) is 136 Å². The van der Waals surface area contributed by atoms with Gasteiger partial charge >= 0.3 is 22.6 Å². The highest BCUT2D eigenvalue weighted by Crippen LogP contribution is 2.42. The monoisotopic (exact) mass is 1030 g/mol. The Labute approximate surface area is 431 Å². The fraction of sp³-hybridized carbons (Fsp3) is 0.412. The quantitative estimate of drug-likeness (QED) is 0.0256. The standard InChI is InChI=1S/C51H51N7O15S/c1-4-6-8-10-12-14-18-41(50(61)62)37-46(59)52-22-16-26-69-30-32-71-28-24-56(43-20-21-44(40(3)36-43)54-55-49-45(57(65)66)39-48(74-49)58(67)68)25-29-72-33-35-73-34-31-70-27-17-23-53-47(60)38-42(51(63)64)19-15-13-11-9-7-5-2/h1-2,20-21,36,39,41-42H,16-17,22-35,37-38H2,3H3,(H,52,59)(H,53,60)(H,61,62)(H,63,64). The van der Waals surface area contributed by atoms with Crippen molar-refractivity contribution in [2.75, 3.05) is 97.1 Å². The SMILES string of the molecule is C#CC#CC#CC#CC(CC(=O)NCCCOCCOCCOCCN(CCOCCOCCCNC(=O)CC(C#CC#CC#CC#C)C(=O)O)c1ccc(N=Nc2sc([N+](=O)[O-])cc2[N+](=O)[O-])c(C)c1)C(=O)O. The van der Waals surface area contributed by atoms with E-state index in [-0.39, 0.29) is 50.8 Å². The number of carboxylic acids is 2. The number of hydrogen-bond donors (Lipinski definition) is 4. The fourth-order valence-corrected chi connectivity index (χ4v) is 6.27. The number of ether oxygens (including phenoxy) is 5. The van der Waals surface area contributed by atoms with Crippen molar-refractivity contribution < 1.29 is 62.9 Å². The van der Waals surface area contributed by atoms with Crippen LogP contribution in [-0.2, 0) is 42.9 Å². The van der Waals surface area contributed by atoms with Crippen molar-refractivity contribution in [3.63, 3.8) is 0 Å². The molecule has 0 bridgehead atoms. The zero-order valence-corrected chi connectivity index (χ0v) is 41.0. The van der Waals surface area contributed by atoms with Gasteiger partial charge in [-0.1, -0.05) is 11.8 Å².